The van der Waals surface area contributed by atoms with Gasteiger partial charge in [-0.25, -0.2) is 4.98 Å². The van der Waals surface area contributed by atoms with Gasteiger partial charge in [-0.05, 0) is 60.5 Å². The molecular weight excluding hydrogens is 354 g/mol. The number of hydrogen-bond acceptors (Lipinski definition) is 6. The summed E-state index contributed by atoms with van der Waals surface area (Å²) in [4.78, 5) is 16.6. The second-order valence-electron chi connectivity index (χ2n) is 6.73. The van der Waals surface area contributed by atoms with E-state index in [1.807, 2.05) is 36.4 Å². The highest BCUT2D eigenvalue weighted by atomic mass is 16.3. The van der Waals surface area contributed by atoms with Crippen LogP contribution in [0.5, 0.6) is 0 Å². The van der Waals surface area contributed by atoms with Crippen molar-refractivity contribution in [3.8, 4) is 11.3 Å². The Morgan fingerprint density at radius 3 is 2.93 bits per heavy atom. The van der Waals surface area contributed by atoms with E-state index in [9.17, 15) is 4.79 Å². The molecule has 138 valence electrons. The van der Waals surface area contributed by atoms with Gasteiger partial charge in [-0.3, -0.25) is 4.79 Å². The zero-order valence-corrected chi connectivity index (χ0v) is 15.0. The quantitative estimate of drug-likeness (QED) is 0.575. The normalized spacial score (nSPS) is 13.3. The minimum Gasteiger partial charge on any atom is -0.444 e. The number of rotatable bonds is 3. The summed E-state index contributed by atoms with van der Waals surface area (Å²) in [5, 5.41) is 15.3. The van der Waals surface area contributed by atoms with E-state index in [0.717, 1.165) is 36.0 Å². The summed E-state index contributed by atoms with van der Waals surface area (Å²) in [6.45, 7) is 1.76. The minimum absolute atomic E-state index is 0.201. The van der Waals surface area contributed by atoms with Crippen LogP contribution in [0.25, 0.3) is 22.2 Å². The van der Waals surface area contributed by atoms with Crippen molar-refractivity contribution in [2.24, 2.45) is 0 Å². The molecule has 0 aliphatic carbocycles. The Labute approximate surface area is 160 Å². The van der Waals surface area contributed by atoms with Crippen molar-refractivity contribution >= 4 is 22.6 Å². The van der Waals surface area contributed by atoms with Crippen molar-refractivity contribution in [1.82, 2.24) is 20.5 Å². The number of nitrogens with zero attached hydrogens (tertiary/aromatic N) is 3. The van der Waals surface area contributed by atoms with Gasteiger partial charge in [-0.15, -0.1) is 10.2 Å². The predicted molar refractivity (Wildman–Crippen MR) is 105 cm³/mol. The molecule has 2 aromatic heterocycles. The molecule has 3 heterocycles. The molecule has 0 atom stereocenters. The summed E-state index contributed by atoms with van der Waals surface area (Å²) in [7, 11) is 0. The third kappa shape index (κ3) is 3.12. The average molecular weight is 371 g/mol. The molecule has 0 saturated carbocycles. The Morgan fingerprint density at radius 1 is 1.07 bits per heavy atom. The van der Waals surface area contributed by atoms with Crippen LogP contribution in [0.1, 0.15) is 21.5 Å². The summed E-state index contributed by atoms with van der Waals surface area (Å²) in [6, 6.07) is 13.3. The highest BCUT2D eigenvalue weighted by Gasteiger charge is 2.14. The maximum absolute atomic E-state index is 12.7. The lowest BCUT2D eigenvalue weighted by Gasteiger charge is -2.17. The van der Waals surface area contributed by atoms with Crippen molar-refractivity contribution in [3.63, 3.8) is 0 Å². The maximum atomic E-state index is 12.7. The van der Waals surface area contributed by atoms with Crippen molar-refractivity contribution in [3.05, 3.63) is 71.7 Å². The lowest BCUT2D eigenvalue weighted by molar-refractivity contribution is 0.102. The lowest BCUT2D eigenvalue weighted by atomic mass is 9.98. The van der Waals surface area contributed by atoms with E-state index >= 15 is 0 Å². The van der Waals surface area contributed by atoms with Gasteiger partial charge in [0, 0.05) is 23.1 Å². The van der Waals surface area contributed by atoms with E-state index in [2.05, 4.69) is 25.8 Å². The van der Waals surface area contributed by atoms with Gasteiger partial charge in [0.25, 0.3) is 5.91 Å². The molecule has 0 bridgehead atoms. The summed E-state index contributed by atoms with van der Waals surface area (Å²) in [5.41, 5.74) is 4.69. The topological polar surface area (TPSA) is 92.9 Å². The van der Waals surface area contributed by atoms with Crippen LogP contribution in [0, 0.1) is 0 Å². The molecule has 28 heavy (non-hydrogen) atoms. The SMILES string of the molecule is O=C(Nc1cc2cc(-c3cnco3)ccc2nn1)c1ccc2c(c1)CNCC2. The zero-order chi connectivity index (χ0) is 18.9. The van der Waals surface area contributed by atoms with E-state index < -0.39 is 0 Å². The number of aromatic nitrogens is 3. The van der Waals surface area contributed by atoms with Gasteiger partial charge >= 0.3 is 0 Å². The van der Waals surface area contributed by atoms with Crippen molar-refractivity contribution in [2.45, 2.75) is 13.0 Å². The summed E-state index contributed by atoms with van der Waals surface area (Å²) >= 11 is 0. The van der Waals surface area contributed by atoms with Crippen LogP contribution >= 0.6 is 0 Å². The number of anilines is 1. The van der Waals surface area contributed by atoms with Gasteiger partial charge in [0.05, 0.1) is 11.7 Å². The van der Waals surface area contributed by atoms with Crippen LogP contribution in [0.3, 0.4) is 0 Å². The van der Waals surface area contributed by atoms with Gasteiger partial charge < -0.3 is 15.1 Å². The number of hydrogen-bond donors (Lipinski definition) is 2. The Kier molecular flexibility index (Phi) is 4.06. The molecule has 2 N–H and O–H groups in total. The van der Waals surface area contributed by atoms with Gasteiger partial charge in [-0.2, -0.15) is 0 Å². The van der Waals surface area contributed by atoms with Gasteiger partial charge in [-0.1, -0.05) is 6.07 Å². The number of benzene rings is 2. The van der Waals surface area contributed by atoms with Crippen LogP contribution in [0.2, 0.25) is 0 Å². The summed E-state index contributed by atoms with van der Waals surface area (Å²) < 4.78 is 5.34. The predicted octanol–water partition coefficient (Wildman–Crippen LogP) is 3.18. The second-order valence-corrected chi connectivity index (χ2v) is 6.73. The number of carbonyl (C=O) groups is 1. The number of carbonyl (C=O) groups excluding carboxylic acids is 1. The number of amides is 1. The Hall–Kier alpha value is -3.58. The molecule has 7 nitrogen and oxygen atoms in total. The molecular formula is C21H17N5O2. The standard InChI is InChI=1S/C21H17N5O2/c27-21(15-2-1-13-5-6-22-10-17(13)8-15)24-20-9-16-7-14(19-11-23-12-28-19)3-4-18(16)25-26-20/h1-4,7-9,11-12,22H,5-6,10H2,(H,24,26,27). The van der Waals surface area contributed by atoms with Crippen LogP contribution < -0.4 is 10.6 Å². The molecule has 1 amide bonds. The zero-order valence-electron chi connectivity index (χ0n) is 15.0. The van der Waals surface area contributed by atoms with Gasteiger partial charge in [0.1, 0.15) is 0 Å². The molecule has 0 fully saturated rings. The molecule has 1 aliphatic heterocycles. The van der Waals surface area contributed by atoms with E-state index in [-0.39, 0.29) is 5.91 Å². The van der Waals surface area contributed by atoms with E-state index in [4.69, 9.17) is 4.42 Å². The lowest BCUT2D eigenvalue weighted by Crippen LogP contribution is -2.24. The largest absolute Gasteiger partial charge is 0.444 e. The van der Waals surface area contributed by atoms with Crippen LogP contribution in [-0.2, 0) is 13.0 Å². The maximum Gasteiger partial charge on any atom is 0.256 e. The Balaban J connectivity index is 1.42. The smallest absolute Gasteiger partial charge is 0.256 e. The number of fused-ring (bicyclic) bond motifs is 2. The van der Waals surface area contributed by atoms with Crippen molar-refractivity contribution < 1.29 is 9.21 Å². The fraction of sp³-hybridized carbons (Fsp3) is 0.143. The Bertz CT molecular complexity index is 1170. The van der Waals surface area contributed by atoms with Crippen LogP contribution in [0.4, 0.5) is 5.82 Å². The van der Waals surface area contributed by atoms with E-state index in [1.165, 1.54) is 17.5 Å². The monoisotopic (exact) mass is 371 g/mol. The van der Waals surface area contributed by atoms with Crippen molar-refractivity contribution in [2.75, 3.05) is 11.9 Å². The van der Waals surface area contributed by atoms with E-state index in [1.54, 1.807) is 12.3 Å². The third-order valence-corrected chi connectivity index (χ3v) is 4.90. The third-order valence-electron chi connectivity index (χ3n) is 4.90. The molecule has 4 aromatic rings. The molecule has 1 aliphatic rings. The number of nitrogens with one attached hydrogen (secondary N) is 2. The first-order valence-electron chi connectivity index (χ1n) is 9.06. The fourth-order valence-corrected chi connectivity index (χ4v) is 3.43. The van der Waals surface area contributed by atoms with Gasteiger partial charge in [0.15, 0.2) is 18.0 Å². The first-order chi connectivity index (χ1) is 13.8. The highest BCUT2D eigenvalue weighted by molar-refractivity contribution is 6.04. The molecule has 0 saturated heterocycles. The van der Waals surface area contributed by atoms with E-state index in [0.29, 0.717) is 17.1 Å². The van der Waals surface area contributed by atoms with Crippen LogP contribution in [-0.4, -0.2) is 27.6 Å². The van der Waals surface area contributed by atoms with Gasteiger partial charge in [0.2, 0.25) is 0 Å². The summed E-state index contributed by atoms with van der Waals surface area (Å²) in [6.07, 6.45) is 4.04. The molecule has 0 unspecified atom stereocenters. The van der Waals surface area contributed by atoms with Crippen LogP contribution in [0.15, 0.2) is 59.5 Å². The first kappa shape index (κ1) is 16.6. The minimum atomic E-state index is -0.201. The molecule has 0 radical (unpaired) electrons. The Morgan fingerprint density at radius 2 is 2.04 bits per heavy atom. The average Bonchev–Trinajstić information content (AvgIpc) is 3.28. The molecule has 2 aromatic carbocycles. The molecule has 7 heteroatoms. The first-order valence-corrected chi connectivity index (χ1v) is 9.06. The second kappa shape index (κ2) is 6.86. The molecule has 0 spiro atoms. The fourth-order valence-electron chi connectivity index (χ4n) is 3.43. The summed E-state index contributed by atoms with van der Waals surface area (Å²) in [5.74, 6) is 0.878. The molecule has 5 rings (SSSR count). The van der Waals surface area contributed by atoms with Crippen molar-refractivity contribution in [1.29, 1.82) is 0 Å². The highest BCUT2D eigenvalue weighted by Crippen LogP contribution is 2.24. The number of oxazole rings is 1.